The van der Waals surface area contributed by atoms with Crippen molar-refractivity contribution in [3.8, 4) is 0 Å². The molecule has 10 rings (SSSR count). The van der Waals surface area contributed by atoms with Gasteiger partial charge < -0.3 is 21.7 Å². The minimum atomic E-state index is -0.489. The molecule has 2 aromatic heterocycles. The number of hydrogen-bond acceptors (Lipinski definition) is 8. The molecular formula is C59H72Cl2N8O2. The average Bonchev–Trinajstić information content (AvgIpc) is 4.32. The molecule has 2 aliphatic heterocycles. The van der Waals surface area contributed by atoms with Crippen LogP contribution in [0.1, 0.15) is 146 Å². The third-order valence-corrected chi connectivity index (χ3v) is 15.8. The van der Waals surface area contributed by atoms with E-state index in [1.54, 1.807) is 12.4 Å². The number of carbonyl (C=O) groups is 2. The standard InChI is InChI=1S/C29H33ClN4O.C28H31ClN4O.2CH4/c1-34-16-12-22(13-17-34)21-8-6-20(7-9-21)18-27-32-19-25(30)26(33-27)11-10-23-4-2-3-5-24(23)29(14-15-29)28(31)35;29-24-18-32-26(17-19-5-7-20(8-6-19)21-11-15-31-16-12-21)33-25(24)10-9-22-3-1-2-4-23(22)28(13-14-28)27(30)34;;/h2-9,19,22H,10-18H2,1H3,(H2,31,35);1-8,18,21,31H,9-17H2,(H2,30,34);2*1H4. The highest BCUT2D eigenvalue weighted by atomic mass is 35.5. The fourth-order valence-electron chi connectivity index (χ4n) is 10.5. The second-order valence-electron chi connectivity index (χ2n) is 19.8. The van der Waals surface area contributed by atoms with Gasteiger partial charge in [-0.2, -0.15) is 0 Å². The number of hydrogen-bond donors (Lipinski definition) is 3. The first kappa shape index (κ1) is 53.3. The number of nitrogens with zero attached hydrogens (tertiary/aromatic N) is 5. The smallest absolute Gasteiger partial charge is 0.228 e. The number of benzene rings is 4. The predicted molar refractivity (Wildman–Crippen MR) is 288 cm³/mol. The molecule has 4 aliphatic rings. The van der Waals surface area contributed by atoms with Gasteiger partial charge in [-0.3, -0.25) is 9.59 Å². The first-order valence-electron chi connectivity index (χ1n) is 24.8. The minimum Gasteiger partial charge on any atom is -0.369 e. The Kier molecular flexibility index (Phi) is 17.9. The van der Waals surface area contributed by atoms with Crippen LogP contribution in [0.5, 0.6) is 0 Å². The molecule has 10 nitrogen and oxygen atoms in total. The Morgan fingerprint density at radius 3 is 1.38 bits per heavy atom. The summed E-state index contributed by atoms with van der Waals surface area (Å²) in [5, 5.41) is 4.59. The topological polar surface area (TPSA) is 153 Å². The van der Waals surface area contributed by atoms with Gasteiger partial charge in [-0.1, -0.05) is 135 Å². The maximum absolute atomic E-state index is 12.1. The van der Waals surface area contributed by atoms with Crippen molar-refractivity contribution in [2.45, 2.75) is 127 Å². The van der Waals surface area contributed by atoms with Crippen molar-refractivity contribution < 1.29 is 9.59 Å². The molecule has 6 aromatic rings. The SMILES string of the molecule is C.C.CN1CCC(c2ccc(Cc3ncc(Cl)c(CCc4ccccc4C4(C(N)=O)CC4)n3)cc2)CC1.NC(=O)C1(c2ccccc2CCc2nc(Cc3ccc(C4CCNCC4)cc3)ncc2Cl)CC1. The van der Waals surface area contributed by atoms with Crippen molar-refractivity contribution in [3.05, 3.63) is 187 Å². The molecule has 0 spiro atoms. The summed E-state index contributed by atoms with van der Waals surface area (Å²) >= 11 is 12.9. The molecule has 4 heterocycles. The zero-order chi connectivity index (χ0) is 48.0. The summed E-state index contributed by atoms with van der Waals surface area (Å²) < 4.78 is 0. The molecule has 71 heavy (non-hydrogen) atoms. The lowest BCUT2D eigenvalue weighted by molar-refractivity contribution is -0.121. The summed E-state index contributed by atoms with van der Waals surface area (Å²) in [5.74, 6) is 2.41. The lowest BCUT2D eigenvalue weighted by Gasteiger charge is -2.29. The highest BCUT2D eigenvalue weighted by Crippen LogP contribution is 2.50. The van der Waals surface area contributed by atoms with Crippen LogP contribution in [0.3, 0.4) is 0 Å². The molecule has 374 valence electrons. The van der Waals surface area contributed by atoms with Crippen LogP contribution < -0.4 is 16.8 Å². The molecule has 2 aliphatic carbocycles. The number of aryl methyl sites for hydroxylation is 4. The van der Waals surface area contributed by atoms with Gasteiger partial charge in [0.05, 0.1) is 32.3 Å². The van der Waals surface area contributed by atoms with E-state index in [0.29, 0.717) is 47.6 Å². The molecule has 5 N–H and O–H groups in total. The third-order valence-electron chi connectivity index (χ3n) is 15.2. The molecule has 0 radical (unpaired) electrons. The van der Waals surface area contributed by atoms with E-state index < -0.39 is 10.8 Å². The third kappa shape index (κ3) is 12.8. The zero-order valence-electron chi connectivity index (χ0n) is 39.7. The Balaban J connectivity index is 0.000000203. The van der Waals surface area contributed by atoms with Crippen LogP contribution in [0.25, 0.3) is 0 Å². The number of nitrogens with two attached hydrogens (primary N) is 2. The summed E-state index contributed by atoms with van der Waals surface area (Å²) in [6.07, 6.45) is 15.8. The van der Waals surface area contributed by atoms with Crippen molar-refractivity contribution >= 4 is 35.0 Å². The molecule has 2 saturated carbocycles. The largest absolute Gasteiger partial charge is 0.369 e. The molecule has 2 saturated heterocycles. The Hall–Kier alpha value is -5.52. The van der Waals surface area contributed by atoms with E-state index in [2.05, 4.69) is 87.9 Å². The fourth-order valence-corrected chi connectivity index (χ4v) is 10.9. The number of primary amides is 2. The number of aromatic nitrogens is 4. The van der Waals surface area contributed by atoms with Crippen LogP contribution >= 0.6 is 23.2 Å². The van der Waals surface area contributed by atoms with Gasteiger partial charge in [0, 0.05) is 25.2 Å². The second-order valence-corrected chi connectivity index (χ2v) is 20.6. The van der Waals surface area contributed by atoms with E-state index in [-0.39, 0.29) is 26.7 Å². The van der Waals surface area contributed by atoms with Crippen molar-refractivity contribution in [2.24, 2.45) is 11.5 Å². The Morgan fingerprint density at radius 1 is 0.592 bits per heavy atom. The zero-order valence-corrected chi connectivity index (χ0v) is 41.2. The molecule has 0 atom stereocenters. The van der Waals surface area contributed by atoms with Crippen LogP contribution in [0.15, 0.2) is 109 Å². The molecule has 4 aromatic carbocycles. The second kappa shape index (κ2) is 23.8. The van der Waals surface area contributed by atoms with Crippen molar-refractivity contribution in [1.82, 2.24) is 30.2 Å². The number of piperidine rings is 2. The van der Waals surface area contributed by atoms with Crippen LogP contribution in [0.4, 0.5) is 0 Å². The number of rotatable bonds is 16. The van der Waals surface area contributed by atoms with Crippen molar-refractivity contribution in [2.75, 3.05) is 33.2 Å². The van der Waals surface area contributed by atoms with Gasteiger partial charge in [-0.25, -0.2) is 19.9 Å². The van der Waals surface area contributed by atoms with Gasteiger partial charge in [0.1, 0.15) is 11.6 Å². The quantitative estimate of drug-likeness (QED) is 0.0867. The van der Waals surface area contributed by atoms with Crippen molar-refractivity contribution in [1.29, 1.82) is 0 Å². The highest BCUT2D eigenvalue weighted by Gasteiger charge is 2.51. The van der Waals surface area contributed by atoms with Gasteiger partial charge in [-0.15, -0.1) is 0 Å². The number of amides is 2. The first-order valence-corrected chi connectivity index (χ1v) is 25.6. The maximum atomic E-state index is 12.1. The minimum absolute atomic E-state index is 0. The van der Waals surface area contributed by atoms with Gasteiger partial charge in [0.2, 0.25) is 11.8 Å². The van der Waals surface area contributed by atoms with Crippen molar-refractivity contribution in [3.63, 3.8) is 0 Å². The van der Waals surface area contributed by atoms with E-state index in [4.69, 9.17) is 44.6 Å². The highest BCUT2D eigenvalue weighted by molar-refractivity contribution is 6.31. The summed E-state index contributed by atoms with van der Waals surface area (Å²) in [6, 6.07) is 34.1. The Morgan fingerprint density at radius 2 is 0.986 bits per heavy atom. The summed E-state index contributed by atoms with van der Waals surface area (Å²) in [4.78, 5) is 45.1. The lowest BCUT2D eigenvalue weighted by atomic mass is 9.88. The number of halogens is 2. The van der Waals surface area contributed by atoms with E-state index in [1.165, 1.54) is 61.0 Å². The molecular weight excluding hydrogens is 924 g/mol. The summed E-state index contributed by atoms with van der Waals surface area (Å²) in [6.45, 7) is 4.53. The number of nitrogens with one attached hydrogen (secondary N) is 1. The van der Waals surface area contributed by atoms with Gasteiger partial charge in [-0.05, 0) is 167 Å². The average molecular weight is 996 g/mol. The number of likely N-dealkylation sites (tertiary alicyclic amines) is 1. The Bertz CT molecular complexity index is 2740. The molecule has 0 bridgehead atoms. The Labute approximate surface area is 431 Å². The lowest BCUT2D eigenvalue weighted by Crippen LogP contribution is -2.29. The molecule has 0 unspecified atom stereocenters. The number of carbonyl (C=O) groups excluding carboxylic acids is 2. The monoisotopic (exact) mass is 995 g/mol. The maximum Gasteiger partial charge on any atom is 0.228 e. The molecule has 2 amide bonds. The molecule has 12 heteroatoms. The van der Waals surface area contributed by atoms with Crippen LogP contribution in [0, 0.1) is 0 Å². The van der Waals surface area contributed by atoms with E-state index in [1.807, 2.05) is 36.4 Å². The normalized spacial score (nSPS) is 17.2. The summed E-state index contributed by atoms with van der Waals surface area (Å²) in [7, 11) is 2.20. The van der Waals surface area contributed by atoms with Gasteiger partial charge in [0.15, 0.2) is 0 Å². The summed E-state index contributed by atoms with van der Waals surface area (Å²) in [5.41, 5.74) is 21.8. The van der Waals surface area contributed by atoms with E-state index >= 15 is 0 Å². The van der Waals surface area contributed by atoms with Gasteiger partial charge in [0.25, 0.3) is 0 Å². The first-order chi connectivity index (χ1) is 33.5. The van der Waals surface area contributed by atoms with Crippen LogP contribution in [-0.4, -0.2) is 69.9 Å². The van der Waals surface area contributed by atoms with Crippen LogP contribution in [-0.2, 0) is 58.9 Å². The predicted octanol–water partition coefficient (Wildman–Crippen LogP) is 10.6. The van der Waals surface area contributed by atoms with Crippen LogP contribution in [0.2, 0.25) is 10.0 Å². The van der Waals surface area contributed by atoms with E-state index in [9.17, 15) is 9.59 Å². The van der Waals surface area contributed by atoms with Gasteiger partial charge >= 0.3 is 0 Å². The fraction of sp³-hybridized carbons (Fsp3) is 0.424. The molecule has 4 fully saturated rings. The van der Waals surface area contributed by atoms with E-state index in [0.717, 1.165) is 96.9 Å².